The Kier molecular flexibility index (Phi) is 6.86. The van der Waals surface area contributed by atoms with Gasteiger partial charge in [0.05, 0.1) is 18.1 Å². The maximum absolute atomic E-state index is 12.5. The van der Waals surface area contributed by atoms with E-state index in [1.807, 2.05) is 6.92 Å². The van der Waals surface area contributed by atoms with Crippen LogP contribution in [0.15, 0.2) is 23.2 Å². The highest BCUT2D eigenvalue weighted by Gasteiger charge is 2.24. The van der Waals surface area contributed by atoms with E-state index in [2.05, 4.69) is 10.3 Å². The number of hydrogen-bond acceptors (Lipinski definition) is 6. The van der Waals surface area contributed by atoms with Crippen LogP contribution in [0.2, 0.25) is 0 Å². The molecule has 0 atom stereocenters. The van der Waals surface area contributed by atoms with Gasteiger partial charge < -0.3 is 15.2 Å². The molecule has 0 saturated carbocycles. The number of nitrogens with one attached hydrogen (secondary N) is 1. The molecular formula is C12H21N3O4S. The van der Waals surface area contributed by atoms with E-state index in [4.69, 9.17) is 9.84 Å². The Balaban J connectivity index is 3.02. The summed E-state index contributed by atoms with van der Waals surface area (Å²) in [5.41, 5.74) is 0. The van der Waals surface area contributed by atoms with E-state index >= 15 is 0 Å². The summed E-state index contributed by atoms with van der Waals surface area (Å²) in [7, 11) is -2.16. The fraction of sp³-hybridized carbons (Fsp3) is 0.583. The average molecular weight is 303 g/mol. The predicted octanol–water partition coefficient (Wildman–Crippen LogP) is 0.143. The lowest BCUT2D eigenvalue weighted by Crippen LogP contribution is -2.36. The molecule has 0 radical (unpaired) electrons. The molecule has 2 N–H and O–H groups in total. The molecule has 0 spiro atoms. The molecule has 20 heavy (non-hydrogen) atoms. The topological polar surface area (TPSA) is 91.8 Å². The molecule has 0 aromatic carbocycles. The van der Waals surface area contributed by atoms with Crippen molar-refractivity contribution in [2.75, 3.05) is 45.3 Å². The van der Waals surface area contributed by atoms with Crippen LogP contribution >= 0.6 is 0 Å². The lowest BCUT2D eigenvalue weighted by molar-refractivity contribution is 0.168. The van der Waals surface area contributed by atoms with E-state index in [1.165, 1.54) is 29.7 Å². The van der Waals surface area contributed by atoms with Gasteiger partial charge in [0, 0.05) is 39.0 Å². The molecule has 0 aliphatic carbocycles. The van der Waals surface area contributed by atoms with Crippen molar-refractivity contribution in [3.8, 4) is 0 Å². The van der Waals surface area contributed by atoms with Crippen LogP contribution in [0, 0.1) is 0 Å². The van der Waals surface area contributed by atoms with E-state index in [1.54, 1.807) is 0 Å². The van der Waals surface area contributed by atoms with Crippen molar-refractivity contribution in [2.24, 2.45) is 0 Å². The van der Waals surface area contributed by atoms with Gasteiger partial charge in [0.1, 0.15) is 5.82 Å². The van der Waals surface area contributed by atoms with Crippen LogP contribution < -0.4 is 5.32 Å². The minimum atomic E-state index is -3.66. The zero-order valence-electron chi connectivity index (χ0n) is 11.7. The van der Waals surface area contributed by atoms with Crippen LogP contribution in [0.1, 0.15) is 6.92 Å². The number of rotatable bonds is 9. The number of anilines is 1. The summed E-state index contributed by atoms with van der Waals surface area (Å²) < 4.78 is 31.1. The van der Waals surface area contributed by atoms with Crippen molar-refractivity contribution in [1.82, 2.24) is 9.29 Å². The molecule has 1 heterocycles. The van der Waals surface area contributed by atoms with Crippen LogP contribution in [0.5, 0.6) is 0 Å². The first-order chi connectivity index (χ1) is 9.56. The Morgan fingerprint density at radius 2 is 2.20 bits per heavy atom. The minimum absolute atomic E-state index is 0.0323. The molecule has 1 aromatic heterocycles. The summed E-state index contributed by atoms with van der Waals surface area (Å²) in [6.45, 7) is 2.81. The summed E-state index contributed by atoms with van der Waals surface area (Å²) in [5, 5.41) is 12.0. The zero-order valence-corrected chi connectivity index (χ0v) is 12.6. The number of methoxy groups -OCH3 is 1. The first-order valence-electron chi connectivity index (χ1n) is 6.36. The van der Waals surface area contributed by atoms with Crippen LogP contribution in [-0.2, 0) is 14.8 Å². The third-order valence-corrected chi connectivity index (χ3v) is 4.52. The monoisotopic (exact) mass is 303 g/mol. The second-order valence-electron chi connectivity index (χ2n) is 4.03. The molecule has 1 aromatic rings. The number of aromatic nitrogens is 1. The largest absolute Gasteiger partial charge is 0.395 e. The molecule has 114 valence electrons. The highest BCUT2D eigenvalue weighted by molar-refractivity contribution is 7.89. The molecule has 0 fully saturated rings. The zero-order chi connectivity index (χ0) is 15.0. The van der Waals surface area contributed by atoms with Gasteiger partial charge in [0.25, 0.3) is 0 Å². The molecule has 0 amide bonds. The number of hydrogen-bond donors (Lipinski definition) is 2. The molecule has 0 aliphatic heterocycles. The molecule has 8 heteroatoms. The summed E-state index contributed by atoms with van der Waals surface area (Å²) >= 11 is 0. The first-order valence-corrected chi connectivity index (χ1v) is 7.80. The van der Waals surface area contributed by atoms with E-state index in [-0.39, 0.29) is 31.2 Å². The number of pyridine rings is 1. The number of aliphatic hydroxyl groups excluding tert-OH is 1. The van der Waals surface area contributed by atoms with Gasteiger partial charge in [-0.15, -0.1) is 0 Å². The summed E-state index contributed by atoms with van der Waals surface area (Å²) in [5.74, 6) is 0.504. The smallest absolute Gasteiger partial charge is 0.243 e. The lowest BCUT2D eigenvalue weighted by atomic mass is 10.4. The van der Waals surface area contributed by atoms with Gasteiger partial charge >= 0.3 is 0 Å². The number of ether oxygens (including phenoxy) is 1. The third-order valence-electron chi connectivity index (χ3n) is 2.62. The standard InChI is InChI=1S/C12H21N3O4S/c1-3-13-12-10-11(4-5-14-12)20(17,18)15(6-8-16)7-9-19-2/h4-5,10,16H,3,6-9H2,1-2H3,(H,13,14). The number of nitrogens with zero attached hydrogens (tertiary/aromatic N) is 2. The van der Waals surface area contributed by atoms with Crippen molar-refractivity contribution in [3.63, 3.8) is 0 Å². The average Bonchev–Trinajstić information content (AvgIpc) is 2.44. The Labute approximate surface area is 119 Å². The van der Waals surface area contributed by atoms with Gasteiger partial charge in [-0.2, -0.15) is 4.31 Å². The van der Waals surface area contributed by atoms with Crippen LogP contribution in [0.3, 0.4) is 0 Å². The summed E-state index contributed by atoms with van der Waals surface area (Å²) in [6, 6.07) is 2.92. The van der Waals surface area contributed by atoms with Gasteiger partial charge in [-0.05, 0) is 13.0 Å². The van der Waals surface area contributed by atoms with Crippen molar-refractivity contribution in [3.05, 3.63) is 18.3 Å². The van der Waals surface area contributed by atoms with E-state index < -0.39 is 10.0 Å². The fourth-order valence-electron chi connectivity index (χ4n) is 1.66. The van der Waals surface area contributed by atoms with Crippen molar-refractivity contribution < 1.29 is 18.3 Å². The molecule has 1 rings (SSSR count). The normalized spacial score (nSPS) is 11.8. The minimum Gasteiger partial charge on any atom is -0.395 e. The summed E-state index contributed by atoms with van der Waals surface area (Å²) in [6.07, 6.45) is 1.44. The predicted molar refractivity (Wildman–Crippen MR) is 76.1 cm³/mol. The third kappa shape index (κ3) is 4.41. The van der Waals surface area contributed by atoms with Crippen LogP contribution in [-0.4, -0.2) is 62.8 Å². The molecule has 0 unspecified atom stereocenters. The summed E-state index contributed by atoms with van der Waals surface area (Å²) in [4.78, 5) is 4.19. The number of aliphatic hydroxyl groups is 1. The Morgan fingerprint density at radius 3 is 2.80 bits per heavy atom. The fourth-order valence-corrected chi connectivity index (χ4v) is 3.08. The molecule has 0 saturated heterocycles. The van der Waals surface area contributed by atoms with E-state index in [0.29, 0.717) is 12.4 Å². The van der Waals surface area contributed by atoms with Gasteiger partial charge in [-0.1, -0.05) is 0 Å². The molecule has 7 nitrogen and oxygen atoms in total. The van der Waals surface area contributed by atoms with Gasteiger partial charge in [0.15, 0.2) is 0 Å². The van der Waals surface area contributed by atoms with Gasteiger partial charge in [0.2, 0.25) is 10.0 Å². The quantitative estimate of drug-likeness (QED) is 0.674. The Morgan fingerprint density at radius 1 is 1.45 bits per heavy atom. The Hall–Kier alpha value is -1.22. The molecule has 0 aliphatic rings. The number of sulfonamides is 1. The van der Waals surface area contributed by atoms with Gasteiger partial charge in [-0.25, -0.2) is 13.4 Å². The second-order valence-corrected chi connectivity index (χ2v) is 5.97. The van der Waals surface area contributed by atoms with Crippen molar-refractivity contribution >= 4 is 15.8 Å². The lowest BCUT2D eigenvalue weighted by Gasteiger charge is -2.21. The Bertz CT molecular complexity index is 507. The van der Waals surface area contributed by atoms with Crippen molar-refractivity contribution in [1.29, 1.82) is 0 Å². The first kappa shape index (κ1) is 16.8. The highest BCUT2D eigenvalue weighted by Crippen LogP contribution is 2.17. The van der Waals surface area contributed by atoms with E-state index in [9.17, 15) is 8.42 Å². The van der Waals surface area contributed by atoms with Crippen LogP contribution in [0.4, 0.5) is 5.82 Å². The van der Waals surface area contributed by atoms with Crippen molar-refractivity contribution in [2.45, 2.75) is 11.8 Å². The SMILES string of the molecule is CCNc1cc(S(=O)(=O)N(CCO)CCOC)ccn1. The highest BCUT2D eigenvalue weighted by atomic mass is 32.2. The maximum atomic E-state index is 12.5. The van der Waals surface area contributed by atoms with Crippen LogP contribution in [0.25, 0.3) is 0 Å². The van der Waals surface area contributed by atoms with Gasteiger partial charge in [-0.3, -0.25) is 0 Å². The maximum Gasteiger partial charge on any atom is 0.243 e. The van der Waals surface area contributed by atoms with E-state index in [0.717, 1.165) is 0 Å². The molecular weight excluding hydrogens is 282 g/mol. The second kappa shape index (κ2) is 8.15. The molecule has 0 bridgehead atoms.